The summed E-state index contributed by atoms with van der Waals surface area (Å²) in [6.45, 7) is 2.58. The fourth-order valence-corrected chi connectivity index (χ4v) is 3.09. The van der Waals surface area contributed by atoms with Crippen molar-refractivity contribution in [3.63, 3.8) is 0 Å². The van der Waals surface area contributed by atoms with Crippen LogP contribution in [-0.2, 0) is 19.1 Å². The third-order valence-electron chi connectivity index (χ3n) is 4.22. The van der Waals surface area contributed by atoms with Crippen LogP contribution in [0.3, 0.4) is 0 Å². The van der Waals surface area contributed by atoms with E-state index >= 15 is 0 Å². The Labute approximate surface area is 159 Å². The Balaban J connectivity index is 1.83. The van der Waals surface area contributed by atoms with Crippen LogP contribution in [0.2, 0.25) is 0 Å². The first-order valence-electron chi connectivity index (χ1n) is 8.75. The molecule has 0 amide bonds. The number of H-pyrrole nitrogens is 2. The van der Waals surface area contributed by atoms with Crippen molar-refractivity contribution in [2.24, 2.45) is 0 Å². The summed E-state index contributed by atoms with van der Waals surface area (Å²) in [6, 6.07) is 14.8. The first-order chi connectivity index (χ1) is 13.5. The van der Waals surface area contributed by atoms with Gasteiger partial charge in [0.15, 0.2) is 11.6 Å². The minimum atomic E-state index is -0.991. The SMILES string of the molecule is CC(=O)O[C@H](c1nc2ccccc2[nH]1)[C@H](OC(C)=O)c1nc2ccccc2[nH]1. The molecule has 0 spiro atoms. The standard InChI is InChI=1S/C20H18N4O4/c1-11(25)27-17(19-21-13-7-3-4-8-14(13)22-19)18(28-12(2)26)20-23-15-9-5-6-10-16(15)24-20/h3-10,17-18H,1-2H3,(H,21,22)(H,23,24)/t17-,18-/m0/s1. The Kier molecular flexibility index (Phi) is 4.52. The van der Waals surface area contributed by atoms with Gasteiger partial charge in [0.2, 0.25) is 12.2 Å². The first kappa shape index (κ1) is 17.7. The fraction of sp³-hybridized carbons (Fsp3) is 0.200. The maximum atomic E-state index is 11.8. The molecule has 8 nitrogen and oxygen atoms in total. The molecule has 142 valence electrons. The van der Waals surface area contributed by atoms with Gasteiger partial charge in [-0.05, 0) is 24.3 Å². The van der Waals surface area contributed by atoms with E-state index in [4.69, 9.17) is 9.47 Å². The van der Waals surface area contributed by atoms with Crippen molar-refractivity contribution >= 4 is 34.0 Å². The van der Waals surface area contributed by atoms with E-state index in [2.05, 4.69) is 19.9 Å². The molecule has 0 fully saturated rings. The molecule has 2 N–H and O–H groups in total. The third-order valence-corrected chi connectivity index (χ3v) is 4.22. The van der Waals surface area contributed by atoms with Crippen LogP contribution >= 0.6 is 0 Å². The number of nitrogens with one attached hydrogen (secondary N) is 2. The van der Waals surface area contributed by atoms with Gasteiger partial charge in [-0.1, -0.05) is 24.3 Å². The highest BCUT2D eigenvalue weighted by molar-refractivity contribution is 5.76. The number of hydrogen-bond donors (Lipinski definition) is 2. The zero-order valence-corrected chi connectivity index (χ0v) is 15.3. The lowest BCUT2D eigenvalue weighted by molar-refractivity contribution is -0.168. The smallest absolute Gasteiger partial charge is 0.303 e. The zero-order chi connectivity index (χ0) is 19.7. The highest BCUT2D eigenvalue weighted by Crippen LogP contribution is 2.34. The Hall–Kier alpha value is -3.68. The lowest BCUT2D eigenvalue weighted by Crippen LogP contribution is -2.23. The monoisotopic (exact) mass is 378 g/mol. The van der Waals surface area contributed by atoms with Crippen molar-refractivity contribution in [3.8, 4) is 0 Å². The molecule has 0 unspecified atom stereocenters. The van der Waals surface area contributed by atoms with E-state index in [-0.39, 0.29) is 0 Å². The number of hydrogen-bond acceptors (Lipinski definition) is 6. The number of esters is 2. The van der Waals surface area contributed by atoms with Crippen molar-refractivity contribution in [2.45, 2.75) is 26.1 Å². The number of ether oxygens (including phenoxy) is 2. The topological polar surface area (TPSA) is 110 Å². The van der Waals surface area contributed by atoms with Gasteiger partial charge in [0.25, 0.3) is 0 Å². The van der Waals surface area contributed by atoms with E-state index in [1.165, 1.54) is 13.8 Å². The van der Waals surface area contributed by atoms with Crippen molar-refractivity contribution in [1.29, 1.82) is 0 Å². The molecular formula is C20H18N4O4. The molecule has 2 aromatic heterocycles. The van der Waals surface area contributed by atoms with Crippen LogP contribution in [0.15, 0.2) is 48.5 Å². The van der Waals surface area contributed by atoms with Crippen LogP contribution in [0.4, 0.5) is 0 Å². The molecule has 8 heteroatoms. The average Bonchev–Trinajstić information content (AvgIpc) is 3.27. The van der Waals surface area contributed by atoms with Crippen molar-refractivity contribution in [3.05, 3.63) is 60.2 Å². The van der Waals surface area contributed by atoms with Crippen LogP contribution in [0.5, 0.6) is 0 Å². The Bertz CT molecular complexity index is 1010. The number of aromatic nitrogens is 4. The second-order valence-electron chi connectivity index (χ2n) is 6.34. The number of imidazole rings is 2. The summed E-state index contributed by atoms with van der Waals surface area (Å²) in [5.41, 5.74) is 2.98. The molecule has 0 aliphatic rings. The Morgan fingerprint density at radius 2 is 1.14 bits per heavy atom. The maximum Gasteiger partial charge on any atom is 0.303 e. The number of benzene rings is 2. The first-order valence-corrected chi connectivity index (χ1v) is 8.75. The van der Waals surface area contributed by atoms with Crippen LogP contribution < -0.4 is 0 Å². The van der Waals surface area contributed by atoms with Gasteiger partial charge in [-0.15, -0.1) is 0 Å². The van der Waals surface area contributed by atoms with E-state index in [9.17, 15) is 9.59 Å². The minimum absolute atomic E-state index is 0.364. The van der Waals surface area contributed by atoms with Crippen molar-refractivity contribution in [2.75, 3.05) is 0 Å². The fourth-order valence-electron chi connectivity index (χ4n) is 3.09. The third kappa shape index (κ3) is 3.44. The molecule has 0 saturated carbocycles. The Morgan fingerprint density at radius 3 is 1.50 bits per heavy atom. The van der Waals surface area contributed by atoms with Gasteiger partial charge < -0.3 is 19.4 Å². The van der Waals surface area contributed by atoms with Gasteiger partial charge in [0.05, 0.1) is 22.1 Å². The largest absolute Gasteiger partial charge is 0.450 e. The summed E-state index contributed by atoms with van der Waals surface area (Å²) >= 11 is 0. The average molecular weight is 378 g/mol. The van der Waals surface area contributed by atoms with Crippen LogP contribution in [0.25, 0.3) is 22.1 Å². The molecule has 0 aliphatic carbocycles. The summed E-state index contributed by atoms with van der Waals surface area (Å²) in [5.74, 6) is -0.330. The van der Waals surface area contributed by atoms with Gasteiger partial charge in [-0.25, -0.2) is 9.97 Å². The Morgan fingerprint density at radius 1 is 0.750 bits per heavy atom. The second-order valence-corrected chi connectivity index (χ2v) is 6.34. The molecule has 4 rings (SSSR count). The summed E-state index contributed by atoms with van der Waals surface area (Å²) in [5, 5.41) is 0. The summed E-state index contributed by atoms with van der Waals surface area (Å²) in [7, 11) is 0. The molecule has 0 bridgehead atoms. The number of carbonyl (C=O) groups excluding carboxylic acids is 2. The second kappa shape index (κ2) is 7.15. The van der Waals surface area contributed by atoms with Gasteiger partial charge in [-0.2, -0.15) is 0 Å². The van der Waals surface area contributed by atoms with E-state index in [1.807, 2.05) is 48.5 Å². The molecule has 0 aliphatic heterocycles. The van der Waals surface area contributed by atoms with E-state index < -0.39 is 24.1 Å². The lowest BCUT2D eigenvalue weighted by atomic mass is 10.1. The van der Waals surface area contributed by atoms with Crippen LogP contribution in [0.1, 0.15) is 37.7 Å². The molecular weight excluding hydrogens is 360 g/mol. The van der Waals surface area contributed by atoms with Gasteiger partial charge in [0.1, 0.15) is 0 Å². The van der Waals surface area contributed by atoms with Crippen LogP contribution in [0, 0.1) is 0 Å². The summed E-state index contributed by atoms with van der Waals surface area (Å²) in [4.78, 5) is 38.9. The maximum absolute atomic E-state index is 11.8. The van der Waals surface area contributed by atoms with Crippen molar-refractivity contribution < 1.29 is 19.1 Å². The predicted octanol–water partition coefficient (Wildman–Crippen LogP) is 3.35. The van der Waals surface area contributed by atoms with Gasteiger partial charge in [-0.3, -0.25) is 9.59 Å². The highest BCUT2D eigenvalue weighted by Gasteiger charge is 2.35. The van der Waals surface area contributed by atoms with Crippen LogP contribution in [-0.4, -0.2) is 31.9 Å². The molecule has 2 atom stereocenters. The summed E-state index contributed by atoms with van der Waals surface area (Å²) < 4.78 is 11.0. The molecule has 2 aromatic carbocycles. The molecule has 0 saturated heterocycles. The zero-order valence-electron chi connectivity index (χ0n) is 15.3. The number of nitrogens with zero attached hydrogens (tertiary/aromatic N) is 2. The van der Waals surface area contributed by atoms with E-state index in [0.29, 0.717) is 22.7 Å². The van der Waals surface area contributed by atoms with Gasteiger partial charge >= 0.3 is 11.9 Å². The summed E-state index contributed by atoms with van der Waals surface area (Å²) in [6.07, 6.45) is -1.98. The molecule has 2 heterocycles. The highest BCUT2D eigenvalue weighted by atomic mass is 16.6. The molecule has 0 radical (unpaired) electrons. The molecule has 4 aromatic rings. The number of carbonyl (C=O) groups is 2. The van der Waals surface area contributed by atoms with Gasteiger partial charge in [0, 0.05) is 13.8 Å². The number of aromatic amines is 2. The minimum Gasteiger partial charge on any atom is -0.450 e. The normalized spacial score (nSPS) is 13.4. The lowest BCUT2D eigenvalue weighted by Gasteiger charge is -2.23. The van der Waals surface area contributed by atoms with E-state index in [0.717, 1.165) is 11.0 Å². The number of para-hydroxylation sites is 4. The quantitative estimate of drug-likeness (QED) is 0.515. The van der Waals surface area contributed by atoms with Crippen molar-refractivity contribution in [1.82, 2.24) is 19.9 Å². The molecule has 28 heavy (non-hydrogen) atoms. The van der Waals surface area contributed by atoms with E-state index in [1.54, 1.807) is 0 Å². The predicted molar refractivity (Wildman–Crippen MR) is 101 cm³/mol. The number of rotatable bonds is 5. The number of fused-ring (bicyclic) bond motifs is 2.